The maximum absolute atomic E-state index is 12.4. The van der Waals surface area contributed by atoms with Gasteiger partial charge < -0.3 is 9.57 Å². The van der Waals surface area contributed by atoms with Crippen LogP contribution in [-0.2, 0) is 25.8 Å². The number of rotatable bonds is 4. The Balaban J connectivity index is 1.34. The minimum Gasteiger partial charge on any atom is -0.458 e. The molecule has 1 aromatic rings. The second kappa shape index (κ2) is 8.18. The molecule has 1 saturated heterocycles. The summed E-state index contributed by atoms with van der Waals surface area (Å²) in [5.74, 6) is 1.12. The van der Waals surface area contributed by atoms with Crippen molar-refractivity contribution in [2.45, 2.75) is 77.4 Å². The largest absolute Gasteiger partial charge is 0.458 e. The Morgan fingerprint density at radius 1 is 1.11 bits per heavy atom. The molecule has 35 heavy (non-hydrogen) atoms. The number of oxime groups is 1. The highest BCUT2D eigenvalue weighted by atomic mass is 16.6. The number of nitrogens with zero attached hydrogens (tertiary/aromatic N) is 1. The van der Waals surface area contributed by atoms with Crippen LogP contribution in [-0.4, -0.2) is 23.6 Å². The predicted octanol–water partition coefficient (Wildman–Crippen LogP) is 5.94. The van der Waals surface area contributed by atoms with E-state index in [0.717, 1.165) is 44.1 Å². The molecule has 4 aliphatic carbocycles. The zero-order valence-electron chi connectivity index (χ0n) is 20.8. The maximum atomic E-state index is 12.4. The fourth-order valence-electron chi connectivity index (χ4n) is 8.15. The van der Waals surface area contributed by atoms with E-state index in [1.165, 1.54) is 11.1 Å². The molecule has 5 heteroatoms. The Kier molecular flexibility index (Phi) is 5.32. The van der Waals surface area contributed by atoms with Crippen LogP contribution < -0.4 is 0 Å². The molecule has 0 aromatic heterocycles. The Morgan fingerprint density at radius 3 is 2.71 bits per heavy atom. The normalized spacial score (nSPS) is 40.1. The summed E-state index contributed by atoms with van der Waals surface area (Å²) in [7, 11) is 0. The Bertz CT molecular complexity index is 1140. The van der Waals surface area contributed by atoms with E-state index in [1.54, 1.807) is 0 Å². The molecule has 0 bridgehead atoms. The van der Waals surface area contributed by atoms with Gasteiger partial charge in [0.2, 0.25) is 0 Å². The number of hydrogen-bond acceptors (Lipinski definition) is 5. The minimum atomic E-state index is -0.332. The van der Waals surface area contributed by atoms with Crippen LogP contribution >= 0.6 is 0 Å². The number of benzene rings is 1. The molecule has 5 nitrogen and oxygen atoms in total. The van der Waals surface area contributed by atoms with Crippen LogP contribution in [0.15, 0.2) is 58.8 Å². The summed E-state index contributed by atoms with van der Waals surface area (Å²) in [4.78, 5) is 30.3. The number of ketones is 1. The molecule has 6 atom stereocenters. The monoisotopic (exact) mass is 473 g/mol. The highest BCUT2D eigenvalue weighted by molar-refractivity contribution is 5.92. The van der Waals surface area contributed by atoms with Gasteiger partial charge in [-0.25, -0.2) is 0 Å². The van der Waals surface area contributed by atoms with Crippen molar-refractivity contribution in [3.63, 3.8) is 0 Å². The second-order valence-electron chi connectivity index (χ2n) is 11.8. The van der Waals surface area contributed by atoms with Crippen molar-refractivity contribution in [1.82, 2.24) is 0 Å². The maximum Gasteiger partial charge on any atom is 0.306 e. The number of carbonyl (C=O) groups is 2. The van der Waals surface area contributed by atoms with E-state index in [-0.39, 0.29) is 34.1 Å². The van der Waals surface area contributed by atoms with Crippen LogP contribution in [0.2, 0.25) is 0 Å². The molecular weight excluding hydrogens is 438 g/mol. The summed E-state index contributed by atoms with van der Waals surface area (Å²) in [6.45, 7) is 5.14. The molecule has 6 rings (SSSR count). The number of fused-ring (bicyclic) bond motifs is 6. The predicted molar refractivity (Wildman–Crippen MR) is 133 cm³/mol. The minimum absolute atomic E-state index is 0.0410. The van der Waals surface area contributed by atoms with Gasteiger partial charge >= 0.3 is 5.97 Å². The zero-order chi connectivity index (χ0) is 24.3. The fraction of sp³-hybridized carbons (Fsp3) is 0.567. The van der Waals surface area contributed by atoms with Gasteiger partial charge in [0.05, 0.1) is 0 Å². The molecule has 5 aliphatic rings. The summed E-state index contributed by atoms with van der Waals surface area (Å²) < 4.78 is 6.11. The first-order valence-electron chi connectivity index (χ1n) is 13.2. The lowest BCUT2D eigenvalue weighted by atomic mass is 9.48. The molecule has 0 amide bonds. The summed E-state index contributed by atoms with van der Waals surface area (Å²) in [5.41, 5.74) is 3.36. The molecule has 1 heterocycles. The quantitative estimate of drug-likeness (QED) is 0.235. The third kappa shape index (κ3) is 3.45. The van der Waals surface area contributed by atoms with E-state index in [9.17, 15) is 9.59 Å². The highest BCUT2D eigenvalue weighted by Gasteiger charge is 2.66. The van der Waals surface area contributed by atoms with Crippen LogP contribution in [0.5, 0.6) is 0 Å². The Morgan fingerprint density at radius 2 is 1.94 bits per heavy atom. The first kappa shape index (κ1) is 22.8. The van der Waals surface area contributed by atoms with Crippen molar-refractivity contribution in [3.8, 4) is 0 Å². The first-order chi connectivity index (χ1) is 16.8. The van der Waals surface area contributed by atoms with Gasteiger partial charge in [-0.2, -0.15) is 0 Å². The number of ether oxygens (including phenoxy) is 1. The highest BCUT2D eigenvalue weighted by Crippen LogP contribution is 2.68. The molecular formula is C30H35NO4. The van der Waals surface area contributed by atoms with Crippen molar-refractivity contribution in [3.05, 3.63) is 59.2 Å². The van der Waals surface area contributed by atoms with Crippen molar-refractivity contribution in [2.24, 2.45) is 33.7 Å². The lowest BCUT2D eigenvalue weighted by molar-refractivity contribution is -0.160. The summed E-state index contributed by atoms with van der Waals surface area (Å²) >= 11 is 0. The van der Waals surface area contributed by atoms with Gasteiger partial charge in [0.1, 0.15) is 12.2 Å². The first-order valence-corrected chi connectivity index (χ1v) is 13.2. The third-order valence-corrected chi connectivity index (χ3v) is 10.2. The Labute approximate surface area is 207 Å². The lowest BCUT2D eigenvalue weighted by Crippen LogP contribution is -2.53. The molecule has 0 radical (unpaired) electrons. The molecule has 1 aliphatic heterocycles. The molecule has 1 aromatic carbocycles. The number of allylic oxidation sites excluding steroid dienone is 4. The molecule has 2 saturated carbocycles. The van der Waals surface area contributed by atoms with Crippen LogP contribution in [0.4, 0.5) is 0 Å². The number of hydrogen-bond donors (Lipinski definition) is 0. The van der Waals surface area contributed by atoms with Crippen molar-refractivity contribution < 1.29 is 19.2 Å². The Hall–Kier alpha value is -2.69. The number of esters is 1. The van der Waals surface area contributed by atoms with E-state index in [2.05, 4.69) is 25.1 Å². The van der Waals surface area contributed by atoms with E-state index in [4.69, 9.17) is 9.57 Å². The molecule has 2 unspecified atom stereocenters. The third-order valence-electron chi connectivity index (χ3n) is 10.2. The van der Waals surface area contributed by atoms with Crippen LogP contribution in [0, 0.1) is 28.6 Å². The molecule has 184 valence electrons. The van der Waals surface area contributed by atoms with Gasteiger partial charge in [-0.3, -0.25) is 9.59 Å². The van der Waals surface area contributed by atoms with Gasteiger partial charge in [-0.05, 0) is 62.0 Å². The average Bonchev–Trinajstić information content (AvgIpc) is 3.38. The van der Waals surface area contributed by atoms with Gasteiger partial charge in [-0.1, -0.05) is 66.6 Å². The average molecular weight is 474 g/mol. The SMILES string of the molecule is C[C@]12CCC(=O)C=C1C[C@@H](/C=N/OCc1ccccc1)C1C2=CC[C@@]2(C)C1CC[C@@]21CCC(=O)O1. The van der Waals surface area contributed by atoms with Crippen molar-refractivity contribution in [2.75, 3.05) is 0 Å². The fourth-order valence-corrected chi connectivity index (χ4v) is 8.15. The second-order valence-corrected chi connectivity index (χ2v) is 11.8. The smallest absolute Gasteiger partial charge is 0.306 e. The van der Waals surface area contributed by atoms with Gasteiger partial charge in [0.25, 0.3) is 0 Å². The van der Waals surface area contributed by atoms with Crippen LogP contribution in [0.25, 0.3) is 0 Å². The van der Waals surface area contributed by atoms with E-state index < -0.39 is 0 Å². The van der Waals surface area contributed by atoms with E-state index in [1.807, 2.05) is 42.6 Å². The summed E-state index contributed by atoms with van der Waals surface area (Å²) in [6, 6.07) is 10.1. The van der Waals surface area contributed by atoms with E-state index >= 15 is 0 Å². The van der Waals surface area contributed by atoms with Crippen LogP contribution in [0.1, 0.15) is 70.8 Å². The molecule has 0 N–H and O–H groups in total. The summed E-state index contributed by atoms with van der Waals surface area (Å²) in [6.07, 6.45) is 13.0. The van der Waals surface area contributed by atoms with Crippen molar-refractivity contribution >= 4 is 18.0 Å². The standard InChI is InChI=1S/C30H35NO4/c1-28-12-8-23(32)17-22(28)16-21(18-31-34-19-20-6-4-3-5-7-20)27-24(28)9-13-29(2)25(27)10-14-30(29)15-11-26(33)35-30/h3-7,9,17-18,21,25,27H,8,10-16,19H2,1-2H3/b31-18+/t21-,25?,27?,28-,29-,30+/m0/s1. The summed E-state index contributed by atoms with van der Waals surface area (Å²) in [5, 5.41) is 4.45. The molecule has 1 spiro atoms. The van der Waals surface area contributed by atoms with Crippen LogP contribution in [0.3, 0.4) is 0 Å². The zero-order valence-corrected chi connectivity index (χ0v) is 20.8. The van der Waals surface area contributed by atoms with Gasteiger partial charge in [0.15, 0.2) is 5.78 Å². The lowest BCUT2D eigenvalue weighted by Gasteiger charge is -2.56. The van der Waals surface area contributed by atoms with Crippen molar-refractivity contribution in [1.29, 1.82) is 0 Å². The van der Waals surface area contributed by atoms with Gasteiger partial charge in [0, 0.05) is 35.8 Å². The van der Waals surface area contributed by atoms with Gasteiger partial charge in [-0.15, -0.1) is 0 Å². The topological polar surface area (TPSA) is 65.0 Å². The molecule has 3 fully saturated rings. The van der Waals surface area contributed by atoms with E-state index in [0.29, 0.717) is 31.3 Å². The number of carbonyl (C=O) groups excluding carboxylic acids is 2.